The van der Waals surface area contributed by atoms with Crippen LogP contribution in [0.15, 0.2) is 29.3 Å². The van der Waals surface area contributed by atoms with Crippen LogP contribution in [0.25, 0.3) is 0 Å². The van der Waals surface area contributed by atoms with Gasteiger partial charge in [0.05, 0.1) is 17.3 Å². The highest BCUT2D eigenvalue weighted by molar-refractivity contribution is 5.91. The Bertz CT molecular complexity index is 843. The molecule has 11 nitrogen and oxygen atoms in total. The van der Waals surface area contributed by atoms with Gasteiger partial charge in [0, 0.05) is 13.0 Å². The number of likely N-dealkylation sites (tertiary alicyclic amines) is 1. The minimum atomic E-state index is -0.909. The van der Waals surface area contributed by atoms with E-state index in [1.54, 1.807) is 0 Å². The van der Waals surface area contributed by atoms with Crippen LogP contribution in [0.2, 0.25) is 0 Å². The number of rotatable bonds is 8. The van der Waals surface area contributed by atoms with E-state index in [0.29, 0.717) is 24.9 Å². The predicted molar refractivity (Wildman–Crippen MR) is 106 cm³/mol. The molecule has 0 aromatic heterocycles. The number of aliphatic imine (C=N–C) groups is 1. The standard InChI is InChI=1S/C20H25N3O8/c1-20(2,3)31-16-8-9-22(17(10-16)21-13-24)18(25)12-29-19(26)15-6-4-14(5-7-15)11-30-23(27)28/h4-7,16-17H,8-12H2,1-3H3. The third-order valence-corrected chi connectivity index (χ3v) is 4.42. The van der Waals surface area contributed by atoms with Crippen molar-refractivity contribution >= 4 is 18.0 Å². The fraction of sp³-hybridized carbons (Fsp3) is 0.550. The highest BCUT2D eigenvalue weighted by Crippen LogP contribution is 2.25. The van der Waals surface area contributed by atoms with E-state index < -0.39 is 29.7 Å². The molecule has 1 aliphatic rings. The number of carbonyl (C=O) groups is 2. The van der Waals surface area contributed by atoms with Crippen LogP contribution in [0.4, 0.5) is 0 Å². The van der Waals surface area contributed by atoms with Crippen LogP contribution in [0, 0.1) is 10.1 Å². The lowest BCUT2D eigenvalue weighted by atomic mass is 10.0. The van der Waals surface area contributed by atoms with Crippen molar-refractivity contribution in [3.63, 3.8) is 0 Å². The van der Waals surface area contributed by atoms with Crippen LogP contribution in [0.3, 0.4) is 0 Å². The molecular weight excluding hydrogens is 410 g/mol. The van der Waals surface area contributed by atoms with Gasteiger partial charge in [-0.25, -0.2) is 9.59 Å². The van der Waals surface area contributed by atoms with Crippen molar-refractivity contribution < 1.29 is 33.8 Å². The van der Waals surface area contributed by atoms with Gasteiger partial charge in [-0.2, -0.15) is 4.99 Å². The molecule has 0 radical (unpaired) electrons. The largest absolute Gasteiger partial charge is 0.452 e. The average molecular weight is 435 g/mol. The van der Waals surface area contributed by atoms with Crippen LogP contribution in [-0.4, -0.2) is 59.0 Å². The number of nitrogens with zero attached hydrogens (tertiary/aromatic N) is 3. The maximum absolute atomic E-state index is 12.6. The smallest absolute Gasteiger partial charge is 0.338 e. The third kappa shape index (κ3) is 7.80. The van der Waals surface area contributed by atoms with Crippen molar-refractivity contribution in [2.24, 2.45) is 4.99 Å². The Balaban J connectivity index is 1.91. The average Bonchev–Trinajstić information content (AvgIpc) is 2.70. The quantitative estimate of drug-likeness (QED) is 0.199. The summed E-state index contributed by atoms with van der Waals surface area (Å²) in [5.41, 5.74) is 0.309. The van der Waals surface area contributed by atoms with Crippen molar-refractivity contribution in [3.05, 3.63) is 45.5 Å². The molecule has 0 aliphatic carbocycles. The van der Waals surface area contributed by atoms with Gasteiger partial charge in [-0.3, -0.25) is 4.79 Å². The van der Waals surface area contributed by atoms with E-state index in [2.05, 4.69) is 9.83 Å². The topological polar surface area (TPSA) is 138 Å². The second-order valence-corrected chi connectivity index (χ2v) is 7.93. The fourth-order valence-corrected chi connectivity index (χ4v) is 3.15. The molecule has 1 aromatic carbocycles. The van der Waals surface area contributed by atoms with Crippen LogP contribution in [0.1, 0.15) is 49.5 Å². The van der Waals surface area contributed by atoms with Gasteiger partial charge < -0.3 is 19.2 Å². The van der Waals surface area contributed by atoms with Crippen LogP contribution in [-0.2, 0) is 30.5 Å². The van der Waals surface area contributed by atoms with E-state index in [0.717, 1.165) is 0 Å². The Hall–Kier alpha value is -3.30. The monoisotopic (exact) mass is 435 g/mol. The zero-order valence-electron chi connectivity index (χ0n) is 17.6. The van der Waals surface area contributed by atoms with Gasteiger partial charge in [0.1, 0.15) is 12.8 Å². The maximum Gasteiger partial charge on any atom is 0.338 e. The summed E-state index contributed by atoms with van der Waals surface area (Å²) in [7, 11) is 0. The van der Waals surface area contributed by atoms with Crippen molar-refractivity contribution in [2.75, 3.05) is 13.2 Å². The van der Waals surface area contributed by atoms with Crippen molar-refractivity contribution in [2.45, 2.75) is 58.1 Å². The molecular formula is C20H25N3O8. The number of hydrogen-bond acceptors (Lipinski definition) is 9. The highest BCUT2D eigenvalue weighted by Gasteiger charge is 2.34. The molecule has 2 rings (SSSR count). The summed E-state index contributed by atoms with van der Waals surface area (Å²) in [6.07, 6.45) is 1.50. The number of carbonyl (C=O) groups excluding carboxylic acids is 3. The zero-order valence-corrected chi connectivity index (χ0v) is 17.6. The molecule has 2 unspecified atom stereocenters. The maximum atomic E-state index is 12.6. The first kappa shape index (κ1) is 24.0. The first-order chi connectivity index (χ1) is 14.6. The van der Waals surface area contributed by atoms with E-state index in [-0.39, 0.29) is 23.9 Å². The predicted octanol–water partition coefficient (Wildman–Crippen LogP) is 2.02. The molecule has 1 fully saturated rings. The summed E-state index contributed by atoms with van der Waals surface area (Å²) >= 11 is 0. The minimum absolute atomic E-state index is 0.161. The molecule has 0 spiro atoms. The van der Waals surface area contributed by atoms with E-state index in [1.165, 1.54) is 35.2 Å². The van der Waals surface area contributed by atoms with Gasteiger partial charge >= 0.3 is 5.97 Å². The molecule has 1 aromatic rings. The molecule has 1 amide bonds. The SMILES string of the molecule is CC(C)(C)OC1CCN(C(=O)COC(=O)c2ccc(CO[N+](=O)[O-])cc2)C(N=C=O)C1. The molecule has 0 N–H and O–H groups in total. The molecule has 2 atom stereocenters. The summed E-state index contributed by atoms with van der Waals surface area (Å²) < 4.78 is 11.0. The summed E-state index contributed by atoms with van der Waals surface area (Å²) in [5, 5.41) is 9.30. The fourth-order valence-electron chi connectivity index (χ4n) is 3.15. The van der Waals surface area contributed by atoms with Crippen LogP contribution < -0.4 is 0 Å². The summed E-state index contributed by atoms with van der Waals surface area (Å²) in [6.45, 7) is 5.31. The normalized spacial score (nSPS) is 18.6. The lowest BCUT2D eigenvalue weighted by Crippen LogP contribution is -2.49. The van der Waals surface area contributed by atoms with Crippen molar-refractivity contribution in [3.8, 4) is 0 Å². The molecule has 0 saturated carbocycles. The van der Waals surface area contributed by atoms with Crippen LogP contribution >= 0.6 is 0 Å². The molecule has 1 aliphatic heterocycles. The summed E-state index contributed by atoms with van der Waals surface area (Å²) in [5.74, 6) is -1.21. The van der Waals surface area contributed by atoms with E-state index in [1.807, 2.05) is 20.8 Å². The van der Waals surface area contributed by atoms with Gasteiger partial charge in [-0.05, 0) is 44.9 Å². The first-order valence-corrected chi connectivity index (χ1v) is 9.66. The molecule has 1 heterocycles. The Kier molecular flexibility index (Phi) is 8.23. The highest BCUT2D eigenvalue weighted by atomic mass is 16.9. The minimum Gasteiger partial charge on any atom is -0.452 e. The van der Waals surface area contributed by atoms with E-state index >= 15 is 0 Å². The third-order valence-electron chi connectivity index (χ3n) is 4.42. The van der Waals surface area contributed by atoms with Gasteiger partial charge in [0.15, 0.2) is 6.61 Å². The second kappa shape index (κ2) is 10.6. The number of amides is 1. The molecule has 31 heavy (non-hydrogen) atoms. The van der Waals surface area contributed by atoms with Gasteiger partial charge in [-0.15, -0.1) is 10.1 Å². The van der Waals surface area contributed by atoms with E-state index in [4.69, 9.17) is 9.47 Å². The number of esters is 1. The molecule has 1 saturated heterocycles. The Morgan fingerprint density at radius 3 is 2.55 bits per heavy atom. The number of hydrogen-bond donors (Lipinski definition) is 0. The lowest BCUT2D eigenvalue weighted by Gasteiger charge is -2.38. The summed E-state index contributed by atoms with van der Waals surface area (Å²) in [6, 6.07) is 5.80. The molecule has 0 bridgehead atoms. The number of benzene rings is 1. The van der Waals surface area contributed by atoms with Gasteiger partial charge in [0.25, 0.3) is 11.0 Å². The van der Waals surface area contributed by atoms with Crippen LogP contribution in [0.5, 0.6) is 0 Å². The second-order valence-electron chi connectivity index (χ2n) is 7.93. The zero-order chi connectivity index (χ0) is 23.0. The first-order valence-electron chi connectivity index (χ1n) is 9.66. The summed E-state index contributed by atoms with van der Waals surface area (Å²) in [4.78, 5) is 55.1. The molecule has 11 heteroatoms. The number of isocyanates is 1. The number of piperidine rings is 1. The molecule has 168 valence electrons. The van der Waals surface area contributed by atoms with E-state index in [9.17, 15) is 24.5 Å². The number of ether oxygens (including phenoxy) is 2. The Morgan fingerprint density at radius 1 is 1.29 bits per heavy atom. The Labute approximate surface area is 179 Å². The van der Waals surface area contributed by atoms with Gasteiger partial charge in [0.2, 0.25) is 6.08 Å². The Morgan fingerprint density at radius 2 is 1.97 bits per heavy atom. The lowest BCUT2D eigenvalue weighted by molar-refractivity contribution is -0.763. The van der Waals surface area contributed by atoms with Crippen molar-refractivity contribution in [1.29, 1.82) is 0 Å². The van der Waals surface area contributed by atoms with Crippen molar-refractivity contribution in [1.82, 2.24) is 4.90 Å². The van der Waals surface area contributed by atoms with Gasteiger partial charge in [-0.1, -0.05) is 12.1 Å².